The molecule has 0 aliphatic heterocycles. The highest BCUT2D eigenvalue weighted by molar-refractivity contribution is 7.91. The molecule has 5 rings (SSSR count). The fourth-order valence-electron chi connectivity index (χ4n) is 5.22. The second kappa shape index (κ2) is 12.4. The number of nitrogens with zero attached hydrogens (tertiary/aromatic N) is 2. The number of aryl methyl sites for hydroxylation is 2. The molecule has 0 fully saturated rings. The maximum atomic E-state index is 15.0. The Labute approximate surface area is 248 Å². The molecule has 42 heavy (non-hydrogen) atoms. The lowest BCUT2D eigenvalue weighted by Gasteiger charge is -2.35. The third-order valence-electron chi connectivity index (χ3n) is 6.90. The van der Waals surface area contributed by atoms with Crippen LogP contribution in [-0.4, -0.2) is 35.8 Å². The quantitative estimate of drug-likeness (QED) is 0.135. The summed E-state index contributed by atoms with van der Waals surface area (Å²) in [4.78, 5) is 22.7. The lowest BCUT2D eigenvalue weighted by Crippen LogP contribution is -2.33. The molecule has 0 radical (unpaired) electrons. The van der Waals surface area contributed by atoms with Gasteiger partial charge >= 0.3 is 0 Å². The number of carbonyl (C=O) groups is 1. The first kappa shape index (κ1) is 29.3. The number of aromatic nitrogens is 3. The van der Waals surface area contributed by atoms with Crippen LogP contribution in [-0.2, 0) is 26.7 Å². The second-order valence-electron chi connectivity index (χ2n) is 9.78. The Morgan fingerprint density at radius 2 is 1.43 bits per heavy atom. The van der Waals surface area contributed by atoms with Crippen molar-refractivity contribution in [2.24, 2.45) is 0 Å². The number of H-pyrrole nitrogens is 1. The van der Waals surface area contributed by atoms with Gasteiger partial charge in [0.25, 0.3) is 16.1 Å². The summed E-state index contributed by atoms with van der Waals surface area (Å²) in [7, 11) is -3.87. The maximum absolute atomic E-state index is 15.0. The summed E-state index contributed by atoms with van der Waals surface area (Å²) in [5, 5.41) is 2.74. The van der Waals surface area contributed by atoms with Crippen LogP contribution >= 0.6 is 11.3 Å². The van der Waals surface area contributed by atoms with E-state index in [0.29, 0.717) is 29.9 Å². The summed E-state index contributed by atoms with van der Waals surface area (Å²) in [6.07, 6.45) is -0.000806. The zero-order valence-corrected chi connectivity index (χ0v) is 24.7. The van der Waals surface area contributed by atoms with Gasteiger partial charge in [0.05, 0.1) is 16.8 Å². The Balaban J connectivity index is 1.48. The molecule has 0 unspecified atom stereocenters. The third-order valence-corrected chi connectivity index (χ3v) is 10.0. The molecule has 8 nitrogen and oxygen atoms in total. The van der Waals surface area contributed by atoms with Gasteiger partial charge in [0.15, 0.2) is 9.34 Å². The SMILES string of the molecule is CC(=O)Nc1nc(C)c(S(=O)(=O)NCCCc2[nH]c(F)nc2C(c2ccccc2)(c2ccccc2)c2ccccc2)s1. The van der Waals surface area contributed by atoms with Crippen molar-refractivity contribution in [1.82, 2.24) is 19.7 Å². The molecule has 0 aliphatic carbocycles. The minimum atomic E-state index is -3.87. The Morgan fingerprint density at radius 3 is 1.93 bits per heavy atom. The minimum absolute atomic E-state index is 0.0378. The van der Waals surface area contributed by atoms with Crippen LogP contribution in [0.4, 0.5) is 9.52 Å². The van der Waals surface area contributed by atoms with Crippen LogP contribution in [0, 0.1) is 13.0 Å². The van der Waals surface area contributed by atoms with E-state index in [4.69, 9.17) is 0 Å². The molecule has 2 heterocycles. The number of amides is 1. The van der Waals surface area contributed by atoms with Crippen molar-refractivity contribution in [1.29, 1.82) is 0 Å². The molecule has 0 saturated heterocycles. The van der Waals surface area contributed by atoms with Crippen molar-refractivity contribution in [3.63, 3.8) is 0 Å². The number of rotatable bonds is 11. The van der Waals surface area contributed by atoms with E-state index >= 15 is 4.39 Å². The maximum Gasteiger partial charge on any atom is 0.287 e. The summed E-state index contributed by atoms with van der Waals surface area (Å²) >= 11 is 0.892. The van der Waals surface area contributed by atoms with Gasteiger partial charge in [-0.1, -0.05) is 102 Å². The Kier molecular flexibility index (Phi) is 8.62. The molecule has 216 valence electrons. The minimum Gasteiger partial charge on any atom is -0.318 e. The average Bonchev–Trinajstić information content (AvgIpc) is 3.55. The van der Waals surface area contributed by atoms with Crippen LogP contribution < -0.4 is 10.0 Å². The van der Waals surface area contributed by atoms with Gasteiger partial charge in [0, 0.05) is 19.2 Å². The van der Waals surface area contributed by atoms with Crippen LogP contribution in [0.2, 0.25) is 0 Å². The summed E-state index contributed by atoms with van der Waals surface area (Å²) in [5.41, 5.74) is 3.23. The smallest absolute Gasteiger partial charge is 0.287 e. The van der Waals surface area contributed by atoms with Crippen LogP contribution in [0.3, 0.4) is 0 Å². The standard InChI is InChI=1S/C31H30FN5O3S2/c1-21-28(41-30(34-21)35-22(2)38)42(39,40)33-20-12-19-26-27(37-29(32)36-26)31(23-13-6-3-7-14-23,24-15-8-4-9-16-24)25-17-10-5-11-18-25/h3-11,13-18,33H,12,19-20H2,1-2H3,(H,36,37)(H,34,35,38). The van der Waals surface area contributed by atoms with E-state index in [1.54, 1.807) is 6.92 Å². The monoisotopic (exact) mass is 603 g/mol. The Hall–Kier alpha value is -4.19. The number of anilines is 1. The lowest BCUT2D eigenvalue weighted by molar-refractivity contribution is -0.114. The fraction of sp³-hybridized carbons (Fsp3) is 0.194. The van der Waals surface area contributed by atoms with Crippen molar-refractivity contribution in [3.05, 3.63) is 131 Å². The Morgan fingerprint density at radius 1 is 0.905 bits per heavy atom. The largest absolute Gasteiger partial charge is 0.318 e. The van der Waals surface area contributed by atoms with Crippen LogP contribution in [0.5, 0.6) is 0 Å². The van der Waals surface area contributed by atoms with E-state index in [1.807, 2.05) is 91.0 Å². The lowest BCUT2D eigenvalue weighted by atomic mass is 9.66. The third kappa shape index (κ3) is 5.89. The highest BCUT2D eigenvalue weighted by Gasteiger charge is 2.42. The van der Waals surface area contributed by atoms with Gasteiger partial charge in [0.2, 0.25) is 5.91 Å². The average molecular weight is 604 g/mol. The van der Waals surface area contributed by atoms with E-state index in [9.17, 15) is 13.2 Å². The molecule has 0 atom stereocenters. The van der Waals surface area contributed by atoms with E-state index in [-0.39, 0.29) is 21.8 Å². The Bertz CT molecular complexity index is 1680. The van der Waals surface area contributed by atoms with Gasteiger partial charge in [0.1, 0.15) is 0 Å². The number of imidazole rings is 1. The first-order valence-electron chi connectivity index (χ1n) is 13.4. The molecule has 0 aliphatic rings. The predicted octanol–water partition coefficient (Wildman–Crippen LogP) is 5.57. The van der Waals surface area contributed by atoms with E-state index < -0.39 is 21.5 Å². The van der Waals surface area contributed by atoms with Crippen molar-refractivity contribution in [2.75, 3.05) is 11.9 Å². The predicted molar refractivity (Wildman–Crippen MR) is 162 cm³/mol. The number of carbonyl (C=O) groups excluding carboxylic acids is 1. The highest BCUT2D eigenvalue weighted by Crippen LogP contribution is 2.45. The molecule has 11 heteroatoms. The molecular weight excluding hydrogens is 574 g/mol. The van der Waals surface area contributed by atoms with Gasteiger partial charge in [-0.25, -0.2) is 23.1 Å². The summed E-state index contributed by atoms with van der Waals surface area (Å²) in [6.45, 7) is 3.01. The summed E-state index contributed by atoms with van der Waals surface area (Å²) in [5.74, 6) is -0.333. The summed E-state index contributed by atoms with van der Waals surface area (Å²) < 4.78 is 43.7. The van der Waals surface area contributed by atoms with Gasteiger partial charge < -0.3 is 10.3 Å². The highest BCUT2D eigenvalue weighted by atomic mass is 32.2. The molecular formula is C31H30FN5O3S2. The summed E-state index contributed by atoms with van der Waals surface area (Å²) in [6, 6.07) is 29.6. The van der Waals surface area contributed by atoms with Crippen molar-refractivity contribution < 1.29 is 17.6 Å². The molecule has 5 aromatic rings. The van der Waals surface area contributed by atoms with Crippen molar-refractivity contribution in [2.45, 2.75) is 36.3 Å². The topological polar surface area (TPSA) is 117 Å². The number of benzene rings is 3. The first-order valence-corrected chi connectivity index (χ1v) is 15.7. The van der Waals surface area contributed by atoms with Crippen LogP contribution in [0.25, 0.3) is 0 Å². The van der Waals surface area contributed by atoms with E-state index in [1.165, 1.54) is 6.92 Å². The van der Waals surface area contributed by atoms with E-state index in [0.717, 1.165) is 28.0 Å². The first-order chi connectivity index (χ1) is 20.2. The molecule has 1 amide bonds. The number of sulfonamides is 1. The molecule has 0 saturated carbocycles. The molecule has 0 bridgehead atoms. The number of thiazole rings is 1. The van der Waals surface area contributed by atoms with Crippen molar-refractivity contribution >= 4 is 32.4 Å². The molecule has 3 aromatic carbocycles. The fourth-order valence-corrected chi connectivity index (χ4v) is 7.79. The molecule has 3 N–H and O–H groups in total. The van der Waals surface area contributed by atoms with Gasteiger partial charge in [-0.2, -0.15) is 4.39 Å². The number of aromatic amines is 1. The second-order valence-corrected chi connectivity index (χ2v) is 12.7. The van der Waals surface area contributed by atoms with Gasteiger partial charge in [-0.05, 0) is 36.5 Å². The van der Waals surface area contributed by atoms with Crippen LogP contribution in [0.15, 0.2) is 95.2 Å². The number of nitrogens with one attached hydrogen (secondary N) is 3. The van der Waals surface area contributed by atoms with Crippen molar-refractivity contribution in [3.8, 4) is 0 Å². The number of hydrogen-bond donors (Lipinski definition) is 3. The number of halogens is 1. The zero-order valence-electron chi connectivity index (χ0n) is 23.1. The normalized spacial score (nSPS) is 11.9. The van der Waals surface area contributed by atoms with Crippen LogP contribution in [0.1, 0.15) is 47.1 Å². The molecule has 0 spiro atoms. The van der Waals surface area contributed by atoms with E-state index in [2.05, 4.69) is 25.0 Å². The van der Waals surface area contributed by atoms with Gasteiger partial charge in [-0.3, -0.25) is 4.79 Å². The number of hydrogen-bond acceptors (Lipinski definition) is 6. The van der Waals surface area contributed by atoms with Gasteiger partial charge in [-0.15, -0.1) is 0 Å². The molecule has 2 aromatic heterocycles. The zero-order chi connectivity index (χ0) is 29.7.